The van der Waals surface area contributed by atoms with E-state index in [1.54, 1.807) is 21.3 Å². The van der Waals surface area contributed by atoms with Crippen LogP contribution in [0.3, 0.4) is 0 Å². The Bertz CT molecular complexity index is 5690. The van der Waals surface area contributed by atoms with Crippen molar-refractivity contribution < 1.29 is 150 Å². The normalized spacial score (nSPS) is 12.1. The number of hydrogen-bond acceptors (Lipinski definition) is 11. The predicted molar refractivity (Wildman–Crippen MR) is 459 cm³/mol. The van der Waals surface area contributed by atoms with Crippen molar-refractivity contribution in [2.24, 2.45) is 0 Å². The van der Waals surface area contributed by atoms with Gasteiger partial charge in [0, 0.05) is 27.1 Å². The van der Waals surface area contributed by atoms with E-state index in [4.69, 9.17) is 18.9 Å². The van der Waals surface area contributed by atoms with Crippen molar-refractivity contribution in [3.8, 4) is 51.0 Å². The molecule has 0 bridgehead atoms. The fraction of sp³-hybridized carbons (Fsp3) is 0.140. The molecule has 0 fully saturated rings. The third-order valence-electron chi connectivity index (χ3n) is 19.5. The second kappa shape index (κ2) is 45.0. The third kappa shape index (κ3) is 22.7. The van der Waals surface area contributed by atoms with Crippen LogP contribution in [0.1, 0.15) is 95.8 Å². The molecule has 0 radical (unpaired) electrons. The van der Waals surface area contributed by atoms with E-state index in [1.807, 2.05) is 118 Å². The van der Waals surface area contributed by atoms with E-state index >= 15 is 0 Å². The molecule has 0 spiro atoms. The summed E-state index contributed by atoms with van der Waals surface area (Å²) in [5, 5.41) is -12.2. The maximum atomic E-state index is 13.4. The Balaban J connectivity index is 0.000000204. The summed E-state index contributed by atoms with van der Waals surface area (Å²) in [4.78, 5) is 24.2. The van der Waals surface area contributed by atoms with Crippen LogP contribution in [-0.2, 0) is 25.7 Å². The molecule has 14 aromatic carbocycles. The summed E-state index contributed by atoms with van der Waals surface area (Å²) in [6, 6.07) is 112. The van der Waals surface area contributed by atoms with Gasteiger partial charge in [-0.05, 0) is 219 Å². The maximum absolute atomic E-state index is 13.4. The van der Waals surface area contributed by atoms with Gasteiger partial charge in [0.1, 0.15) is 40.4 Å². The number of aryl methyl sites for hydroxylation is 1. The Morgan fingerprint density at radius 3 is 0.888 bits per heavy atom. The Morgan fingerprint density at radius 2 is 0.584 bits per heavy atom. The van der Waals surface area contributed by atoms with Crippen LogP contribution in [0, 0.1) is 18.6 Å². The van der Waals surface area contributed by atoms with Gasteiger partial charge in [-0.1, -0.05) is 244 Å². The number of fused-ring (bicyclic) bond motifs is 6. The number of ether oxygens (including phenoxy) is 5. The number of ketones is 2. The van der Waals surface area contributed by atoms with Crippen LogP contribution in [0.25, 0.3) is 22.3 Å². The van der Waals surface area contributed by atoms with E-state index in [0.29, 0.717) is 42.4 Å². The number of carbonyl (C=O) groups is 2. The van der Waals surface area contributed by atoms with E-state index in [9.17, 15) is 75.2 Å². The Labute approximate surface area is 765 Å². The largest absolute Gasteiger partial charge is 1.00 e. The molecule has 0 amide bonds. The first-order valence-electron chi connectivity index (χ1n) is 38.1. The zero-order valence-electron chi connectivity index (χ0n) is 69.0. The number of alkyl halides is 10. The number of halogens is 12. The Kier molecular flexibility index (Phi) is 35.7. The molecule has 2 aliphatic carbocycles. The minimum Gasteiger partial charge on any atom is -0.743 e. The van der Waals surface area contributed by atoms with Gasteiger partial charge < -0.3 is 23.5 Å². The second-order valence-corrected chi connectivity index (χ2v) is 29.4. The summed E-state index contributed by atoms with van der Waals surface area (Å²) in [7, 11) is -1.21. The zero-order chi connectivity index (χ0) is 90.1. The van der Waals surface area contributed by atoms with Crippen LogP contribution < -0.4 is 70.3 Å². The topological polar surface area (TPSA) is 137 Å². The number of benzene rings is 14. The number of rotatable bonds is 20. The molecule has 0 heterocycles. The molecule has 0 saturated heterocycles. The molecular formula is C100H83F12KO10S2. The van der Waals surface area contributed by atoms with E-state index in [1.165, 1.54) is 116 Å². The number of hydrogen-bond donors (Lipinski definition) is 0. The van der Waals surface area contributed by atoms with Crippen molar-refractivity contribution in [3.05, 3.63) is 442 Å². The SMILES string of the molecule is CC.CF.CF.COc1ccc(C2(c3ccc(Oc4ccc(C(=O)c5ccc(C)cc5)cc4)cc3)c3ccccc3-c3ccccc32)cc1.COc1ccc(OC)cc1.O=C(c1ccc(F)cc1)c1ccc(F)cc1.O=S(=O)([O-])C(F)(F)C(F)(F)OC(F)(F)C(F)(F)Sc1ccccc1.[K+].c1ccc(C2(c3ccccc3)c3ccccc3-c3ccccc32)cc1. The standard InChI is InChI=1S/C40H30O3.C25H18.C13H8F2O.C10H6F8O4S2.C8H10O2.C2H6.2CH3F.K/c1-27-11-13-28(14-12-27)39(41)29-15-21-33(22-16-29)43-34-25-19-31(20-26-34)40(30-17-23-32(42-2)24-18-30)37-9-5-3-7-35(37)36-8-4-6-10-38(36)40;1-3-11-19(12-4-1)25(20-13-5-2-6-14-20)23-17-9-7-15-21(23)22-16-8-10-18-24(22)25;14-11-5-1-9(2-6-11)13(16)10-3-7-12(15)8-4-10;11-7(12,9(15,16)23-6-4-2-1-3-5-6)22-8(13,14)10(17,18)24(19,20)21;1-9-7-3-5-8(10-2)6-4-7;3*1-2;/h3-26H,1-2H3;1-18H;1-8H;1-5H,(H,19,20,21);3-6H,1-2H3;1-2H3;2*1H3;/q;;;;;;;;+1/p-1. The molecule has 0 aliphatic heterocycles. The number of methoxy groups -OCH3 is 3. The molecule has 25 heteroatoms. The van der Waals surface area contributed by atoms with Gasteiger partial charge in [-0.3, -0.25) is 18.4 Å². The van der Waals surface area contributed by atoms with Gasteiger partial charge in [-0.2, -0.15) is 35.1 Å². The number of thioether (sulfide) groups is 1. The van der Waals surface area contributed by atoms with Crippen molar-refractivity contribution in [3.63, 3.8) is 0 Å². The van der Waals surface area contributed by atoms with E-state index in [-0.39, 0.29) is 68.4 Å². The molecule has 125 heavy (non-hydrogen) atoms. The fourth-order valence-electron chi connectivity index (χ4n) is 13.9. The minimum atomic E-state index is -7.18. The minimum absolute atomic E-state index is 0. The first-order chi connectivity index (χ1) is 59.6. The molecule has 10 nitrogen and oxygen atoms in total. The molecule has 0 atom stereocenters. The summed E-state index contributed by atoms with van der Waals surface area (Å²) in [6.07, 6.45) is -13.0. The van der Waals surface area contributed by atoms with Crippen LogP contribution in [-0.4, -0.2) is 82.9 Å². The predicted octanol–water partition coefficient (Wildman–Crippen LogP) is 23.3. The molecule has 0 aromatic heterocycles. The maximum Gasteiger partial charge on any atom is 1.00 e. The van der Waals surface area contributed by atoms with Crippen molar-refractivity contribution in [1.82, 2.24) is 0 Å². The molecule has 14 aromatic rings. The molecule has 640 valence electrons. The van der Waals surface area contributed by atoms with Crippen LogP contribution in [0.2, 0.25) is 0 Å². The van der Waals surface area contributed by atoms with Gasteiger partial charge in [0.15, 0.2) is 21.7 Å². The summed E-state index contributed by atoms with van der Waals surface area (Å²) in [6.45, 7) is 6.01. The zero-order valence-corrected chi connectivity index (χ0v) is 73.8. The van der Waals surface area contributed by atoms with Gasteiger partial charge in [0.2, 0.25) is 0 Å². The molecule has 16 rings (SSSR count). The molecule has 0 saturated carbocycles. The average Bonchev–Trinajstić information content (AvgIpc) is 1.55. The average molecular weight is 1780 g/mol. The Morgan fingerprint density at radius 1 is 0.336 bits per heavy atom. The van der Waals surface area contributed by atoms with Gasteiger partial charge in [-0.25, -0.2) is 21.9 Å². The Hall–Kier alpha value is -11.4. The van der Waals surface area contributed by atoms with Gasteiger partial charge in [0.25, 0.3) is 0 Å². The third-order valence-corrected chi connectivity index (χ3v) is 21.4. The van der Waals surface area contributed by atoms with Crippen molar-refractivity contribution in [2.75, 3.05) is 35.7 Å². The summed E-state index contributed by atoms with van der Waals surface area (Å²) >= 11 is -1.00. The summed E-state index contributed by atoms with van der Waals surface area (Å²) in [5.41, 5.74) is 17.8. The first kappa shape index (κ1) is 99.1. The monoisotopic (exact) mass is 1770 g/mol. The summed E-state index contributed by atoms with van der Waals surface area (Å²) < 4.78 is 202. The van der Waals surface area contributed by atoms with Crippen LogP contribution >= 0.6 is 11.8 Å². The van der Waals surface area contributed by atoms with Crippen LogP contribution in [0.4, 0.5) is 52.7 Å². The van der Waals surface area contributed by atoms with Crippen LogP contribution in [0.5, 0.6) is 28.7 Å². The van der Waals surface area contributed by atoms with Crippen LogP contribution in [0.15, 0.2) is 363 Å². The second-order valence-electron chi connectivity index (χ2n) is 26.7. The molecule has 2 aliphatic rings. The van der Waals surface area contributed by atoms with Crippen molar-refractivity contribution >= 4 is 33.4 Å². The quantitative estimate of drug-likeness (QED) is 0.0237. The van der Waals surface area contributed by atoms with E-state index in [2.05, 4.69) is 187 Å². The van der Waals surface area contributed by atoms with Gasteiger partial charge in [0.05, 0.1) is 46.5 Å². The van der Waals surface area contributed by atoms with E-state index in [0.717, 1.165) is 58.4 Å². The van der Waals surface area contributed by atoms with Gasteiger partial charge in [-0.15, -0.1) is 0 Å². The van der Waals surface area contributed by atoms with E-state index < -0.39 is 66.6 Å². The van der Waals surface area contributed by atoms with Crippen molar-refractivity contribution in [1.29, 1.82) is 0 Å². The van der Waals surface area contributed by atoms with Crippen molar-refractivity contribution in [2.45, 2.75) is 59.2 Å². The smallest absolute Gasteiger partial charge is 0.743 e. The summed E-state index contributed by atoms with van der Waals surface area (Å²) in [5.74, 6) is 2.89. The first-order valence-corrected chi connectivity index (χ1v) is 40.3. The molecule has 0 unspecified atom stereocenters. The molecular weight excluding hydrogens is 1690 g/mol. The number of carbonyl (C=O) groups excluding carboxylic acids is 2. The molecule has 0 N–H and O–H groups in total. The van der Waals surface area contributed by atoms with Gasteiger partial charge >= 0.3 is 74.1 Å². The fourth-order valence-corrected chi connectivity index (χ4v) is 15.0.